The molecule has 1 heterocycles. The molecule has 1 aromatic heterocycles. The largest absolute Gasteiger partial charge is 2.00 e. The number of aromatic amines is 1. The van der Waals surface area contributed by atoms with E-state index in [1.54, 1.807) is 12.1 Å². The van der Waals surface area contributed by atoms with Crippen LogP contribution in [0.5, 0.6) is 5.75 Å². The minimum atomic E-state index is 0. The predicted molar refractivity (Wildman–Crippen MR) is 62.7 cm³/mol. The van der Waals surface area contributed by atoms with E-state index < -0.39 is 0 Å². The van der Waals surface area contributed by atoms with E-state index in [1.807, 2.05) is 43.7 Å². The summed E-state index contributed by atoms with van der Waals surface area (Å²) in [6, 6.07) is 12.8. The van der Waals surface area contributed by atoms with Gasteiger partial charge in [-0.25, -0.2) is 4.98 Å². The van der Waals surface area contributed by atoms with Gasteiger partial charge in [0.15, 0.2) is 5.69 Å². The summed E-state index contributed by atoms with van der Waals surface area (Å²) in [5.41, 5.74) is 2.58. The molecule has 0 saturated heterocycles. The Hall–Kier alpha value is -0.570. The number of hydrogen-bond donors (Lipinski definition) is 0. The van der Waals surface area contributed by atoms with Crippen LogP contribution in [0.15, 0.2) is 42.5 Å². The van der Waals surface area contributed by atoms with Crippen LogP contribution in [0.2, 0.25) is 0 Å². The predicted octanol–water partition coefficient (Wildman–Crippen LogP) is 1.43. The zero-order valence-corrected chi connectivity index (χ0v) is 11.4. The van der Waals surface area contributed by atoms with Crippen molar-refractivity contribution in [3.8, 4) is 17.0 Å². The van der Waals surface area contributed by atoms with Gasteiger partial charge in [0.2, 0.25) is 5.69 Å². The molecule has 0 aliphatic carbocycles. The molecule has 0 aliphatic rings. The number of benzene rings is 1. The van der Waals surface area contributed by atoms with Crippen molar-refractivity contribution in [2.75, 3.05) is 0 Å². The van der Waals surface area contributed by atoms with Crippen LogP contribution in [0.1, 0.15) is 12.6 Å². The SMILES string of the molecule is C[CH]c1cccc(-c2ccccc2[O-])[nH+]1.[Ca+2]. The van der Waals surface area contributed by atoms with Crippen molar-refractivity contribution in [2.45, 2.75) is 6.92 Å². The van der Waals surface area contributed by atoms with E-state index in [1.165, 1.54) is 0 Å². The molecule has 0 aliphatic heterocycles. The first kappa shape index (κ1) is 13.5. The van der Waals surface area contributed by atoms with E-state index in [4.69, 9.17) is 0 Å². The molecule has 0 spiro atoms. The van der Waals surface area contributed by atoms with Gasteiger partial charge in [-0.1, -0.05) is 30.9 Å². The van der Waals surface area contributed by atoms with Crippen molar-refractivity contribution in [3.05, 3.63) is 54.6 Å². The van der Waals surface area contributed by atoms with Gasteiger partial charge in [-0.2, -0.15) is 0 Å². The second-order valence-electron chi connectivity index (χ2n) is 3.30. The van der Waals surface area contributed by atoms with Gasteiger partial charge in [0, 0.05) is 17.7 Å². The van der Waals surface area contributed by atoms with Crippen molar-refractivity contribution in [3.63, 3.8) is 0 Å². The molecule has 75 valence electrons. The molecule has 2 nitrogen and oxygen atoms in total. The molecule has 1 N–H and O–H groups in total. The monoisotopic (exact) mass is 238 g/mol. The molecule has 2 aromatic rings. The van der Waals surface area contributed by atoms with Gasteiger partial charge >= 0.3 is 37.7 Å². The number of aromatic nitrogens is 1. The Kier molecular flexibility index (Phi) is 5.26. The first-order valence-corrected chi connectivity index (χ1v) is 4.89. The van der Waals surface area contributed by atoms with Crippen molar-refractivity contribution in [2.24, 2.45) is 0 Å². The number of para-hydroxylation sites is 1. The molecule has 0 amide bonds. The first-order chi connectivity index (χ1) is 7.31. The van der Waals surface area contributed by atoms with E-state index >= 15 is 0 Å². The number of hydrogen-bond acceptors (Lipinski definition) is 1. The van der Waals surface area contributed by atoms with E-state index in [-0.39, 0.29) is 43.5 Å². The number of rotatable bonds is 2. The summed E-state index contributed by atoms with van der Waals surface area (Å²) in [7, 11) is 0. The summed E-state index contributed by atoms with van der Waals surface area (Å²) < 4.78 is 0. The molecule has 1 aromatic carbocycles. The molecule has 0 unspecified atom stereocenters. The first-order valence-electron chi connectivity index (χ1n) is 4.89. The van der Waals surface area contributed by atoms with E-state index in [2.05, 4.69) is 4.98 Å². The topological polar surface area (TPSA) is 37.2 Å². The summed E-state index contributed by atoms with van der Waals surface area (Å²) in [6.45, 7) is 1.96. The van der Waals surface area contributed by atoms with Gasteiger partial charge in [0.05, 0.1) is 6.42 Å². The van der Waals surface area contributed by atoms with Crippen LogP contribution in [0.4, 0.5) is 0 Å². The van der Waals surface area contributed by atoms with Gasteiger partial charge in [0.1, 0.15) is 0 Å². The maximum Gasteiger partial charge on any atom is 2.00 e. The summed E-state index contributed by atoms with van der Waals surface area (Å²) in [6.07, 6.45) is 1.97. The van der Waals surface area contributed by atoms with Crippen LogP contribution < -0.4 is 10.1 Å². The smallest absolute Gasteiger partial charge is 0.872 e. The normalized spacial score (nSPS) is 9.56. The Morgan fingerprint density at radius 1 is 1.06 bits per heavy atom. The number of pyridine rings is 1. The molecule has 0 fully saturated rings. The Bertz CT molecular complexity index is 471. The zero-order chi connectivity index (χ0) is 10.7. The molecule has 0 atom stereocenters. The summed E-state index contributed by atoms with van der Waals surface area (Å²) in [5, 5.41) is 11.6. The van der Waals surface area contributed by atoms with Gasteiger partial charge in [-0.05, 0) is 12.1 Å². The Morgan fingerprint density at radius 3 is 2.50 bits per heavy atom. The third kappa shape index (κ3) is 2.97. The van der Waals surface area contributed by atoms with E-state index in [0.29, 0.717) is 5.56 Å². The molecule has 0 saturated carbocycles. The summed E-state index contributed by atoms with van der Waals surface area (Å²) in [4.78, 5) is 3.20. The maximum absolute atomic E-state index is 11.6. The minimum Gasteiger partial charge on any atom is -0.872 e. The molecular weight excluding hydrogens is 226 g/mol. The maximum atomic E-state index is 11.6. The molecule has 3 heteroatoms. The number of nitrogens with one attached hydrogen (secondary N) is 1. The van der Waals surface area contributed by atoms with Crippen LogP contribution in [0.25, 0.3) is 11.3 Å². The average Bonchev–Trinajstić information content (AvgIpc) is 2.30. The van der Waals surface area contributed by atoms with Crippen LogP contribution in [-0.4, -0.2) is 37.7 Å². The number of H-pyrrole nitrogens is 1. The van der Waals surface area contributed by atoms with Gasteiger partial charge in [-0.3, -0.25) is 0 Å². The fourth-order valence-corrected chi connectivity index (χ4v) is 1.50. The standard InChI is InChI=1S/C13H12NO.Ca/c1-2-10-6-5-8-12(14-10)11-7-3-4-9-13(11)15;/h2-9,15H,1H3;/q;+2. The zero-order valence-electron chi connectivity index (χ0n) is 9.23. The van der Waals surface area contributed by atoms with Crippen molar-refractivity contribution in [1.29, 1.82) is 0 Å². The molecular formula is C13H12CaNO+2. The second-order valence-corrected chi connectivity index (χ2v) is 3.30. The summed E-state index contributed by atoms with van der Waals surface area (Å²) >= 11 is 0. The van der Waals surface area contributed by atoms with Gasteiger partial charge in [0.25, 0.3) is 0 Å². The quantitative estimate of drug-likeness (QED) is 0.729. The van der Waals surface area contributed by atoms with Crippen LogP contribution in [0, 0.1) is 6.42 Å². The Balaban J connectivity index is 0.00000128. The Morgan fingerprint density at radius 2 is 1.81 bits per heavy atom. The fourth-order valence-electron chi connectivity index (χ4n) is 1.50. The third-order valence-electron chi connectivity index (χ3n) is 2.31. The average molecular weight is 238 g/mol. The second kappa shape index (κ2) is 6.24. The van der Waals surface area contributed by atoms with E-state index in [0.717, 1.165) is 11.4 Å². The van der Waals surface area contributed by atoms with Crippen LogP contribution in [-0.2, 0) is 0 Å². The van der Waals surface area contributed by atoms with Crippen molar-refractivity contribution >= 4 is 37.7 Å². The summed E-state index contributed by atoms with van der Waals surface area (Å²) in [5.74, 6) is 0.0435. The molecule has 2 rings (SSSR count). The Labute approximate surface area is 125 Å². The van der Waals surface area contributed by atoms with Crippen molar-refractivity contribution in [1.82, 2.24) is 0 Å². The van der Waals surface area contributed by atoms with Crippen LogP contribution in [0.3, 0.4) is 0 Å². The van der Waals surface area contributed by atoms with Crippen LogP contribution >= 0.6 is 0 Å². The third-order valence-corrected chi connectivity index (χ3v) is 2.31. The molecule has 0 bridgehead atoms. The fraction of sp³-hybridized carbons (Fsp3) is 0.0769. The van der Waals surface area contributed by atoms with Gasteiger partial charge in [-0.15, -0.1) is 0 Å². The molecule has 16 heavy (non-hydrogen) atoms. The van der Waals surface area contributed by atoms with Gasteiger partial charge < -0.3 is 5.11 Å². The van der Waals surface area contributed by atoms with Crippen molar-refractivity contribution < 1.29 is 10.1 Å². The minimum absolute atomic E-state index is 0. The van der Waals surface area contributed by atoms with E-state index in [9.17, 15) is 5.11 Å². The molecule has 1 radical (unpaired) electrons.